The molecule has 1 aromatic heterocycles. The van der Waals surface area contributed by atoms with E-state index in [2.05, 4.69) is 11.7 Å². The fraction of sp³-hybridized carbons (Fsp3) is 0.273. The van der Waals surface area contributed by atoms with Gasteiger partial charge in [-0.25, -0.2) is 9.59 Å². The van der Waals surface area contributed by atoms with E-state index in [4.69, 9.17) is 9.15 Å². The van der Waals surface area contributed by atoms with Crippen LogP contribution in [0.3, 0.4) is 0 Å². The maximum atomic E-state index is 11.8. The van der Waals surface area contributed by atoms with Crippen molar-refractivity contribution in [1.29, 1.82) is 0 Å². The number of carbonyl (C=O) groups excluding carboxylic acids is 1. The Morgan fingerprint density at radius 2 is 1.85 bits per heavy atom. The SMILES string of the molecule is CCCCc1cc(=O)oc2cc(OCc3ccc(C(=O)OC)cc3)ccc12. The van der Waals surface area contributed by atoms with Gasteiger partial charge in [-0.1, -0.05) is 25.5 Å². The molecule has 0 radical (unpaired) electrons. The predicted octanol–water partition coefficient (Wildman–Crippen LogP) is 4.50. The molecule has 0 saturated heterocycles. The molecule has 3 aromatic rings. The van der Waals surface area contributed by atoms with Crippen LogP contribution >= 0.6 is 0 Å². The van der Waals surface area contributed by atoms with E-state index in [-0.39, 0.29) is 11.6 Å². The Morgan fingerprint density at radius 3 is 2.56 bits per heavy atom. The second-order valence-corrected chi connectivity index (χ2v) is 6.33. The number of fused-ring (bicyclic) bond motifs is 1. The van der Waals surface area contributed by atoms with Crippen LogP contribution in [-0.2, 0) is 17.8 Å². The lowest BCUT2D eigenvalue weighted by Crippen LogP contribution is -2.02. The topological polar surface area (TPSA) is 65.7 Å². The Hall–Kier alpha value is -3.08. The summed E-state index contributed by atoms with van der Waals surface area (Å²) in [6.07, 6.45) is 2.95. The van der Waals surface area contributed by atoms with E-state index < -0.39 is 0 Å². The zero-order valence-electron chi connectivity index (χ0n) is 15.5. The van der Waals surface area contributed by atoms with Crippen LogP contribution < -0.4 is 10.4 Å². The van der Waals surface area contributed by atoms with Crippen molar-refractivity contribution in [3.8, 4) is 5.75 Å². The predicted molar refractivity (Wildman–Crippen MR) is 103 cm³/mol. The van der Waals surface area contributed by atoms with E-state index in [9.17, 15) is 9.59 Å². The molecule has 0 bridgehead atoms. The van der Waals surface area contributed by atoms with Crippen LogP contribution in [0.4, 0.5) is 0 Å². The molecule has 0 N–H and O–H groups in total. The van der Waals surface area contributed by atoms with Gasteiger partial charge in [-0.3, -0.25) is 0 Å². The number of aryl methyl sites for hydroxylation is 1. The number of unbranched alkanes of at least 4 members (excludes halogenated alkanes) is 1. The number of ether oxygens (including phenoxy) is 2. The zero-order valence-corrected chi connectivity index (χ0v) is 15.5. The van der Waals surface area contributed by atoms with Gasteiger partial charge < -0.3 is 13.9 Å². The van der Waals surface area contributed by atoms with Crippen molar-refractivity contribution < 1.29 is 18.7 Å². The van der Waals surface area contributed by atoms with Gasteiger partial charge in [0.05, 0.1) is 12.7 Å². The van der Waals surface area contributed by atoms with Crippen molar-refractivity contribution in [1.82, 2.24) is 0 Å². The first-order valence-electron chi connectivity index (χ1n) is 8.97. The maximum Gasteiger partial charge on any atom is 0.337 e. The fourth-order valence-corrected chi connectivity index (χ4v) is 2.90. The van der Waals surface area contributed by atoms with Crippen LogP contribution in [0.5, 0.6) is 5.75 Å². The Kier molecular flexibility index (Phi) is 5.91. The van der Waals surface area contributed by atoms with Crippen molar-refractivity contribution in [3.05, 3.63) is 75.6 Å². The van der Waals surface area contributed by atoms with Gasteiger partial charge in [0.1, 0.15) is 17.9 Å². The molecule has 5 heteroatoms. The molecule has 2 aromatic carbocycles. The number of benzene rings is 2. The molecule has 0 unspecified atom stereocenters. The fourth-order valence-electron chi connectivity index (χ4n) is 2.90. The molecule has 0 amide bonds. The van der Waals surface area contributed by atoms with Gasteiger partial charge in [-0.05, 0) is 48.2 Å². The monoisotopic (exact) mass is 366 g/mol. The quantitative estimate of drug-likeness (QED) is 0.455. The minimum Gasteiger partial charge on any atom is -0.489 e. The molecular formula is C22H22O5. The average Bonchev–Trinajstić information content (AvgIpc) is 2.69. The molecule has 0 saturated carbocycles. The van der Waals surface area contributed by atoms with Crippen LogP contribution in [-0.4, -0.2) is 13.1 Å². The van der Waals surface area contributed by atoms with Gasteiger partial charge in [-0.15, -0.1) is 0 Å². The number of rotatable bonds is 7. The summed E-state index contributed by atoms with van der Waals surface area (Å²) in [5.74, 6) is 0.251. The van der Waals surface area contributed by atoms with Crippen molar-refractivity contribution in [2.45, 2.75) is 32.8 Å². The van der Waals surface area contributed by atoms with E-state index in [0.717, 1.165) is 35.8 Å². The highest BCUT2D eigenvalue weighted by molar-refractivity contribution is 5.89. The highest BCUT2D eigenvalue weighted by Crippen LogP contribution is 2.24. The van der Waals surface area contributed by atoms with Crippen LogP contribution in [0.2, 0.25) is 0 Å². The Bertz CT molecular complexity index is 986. The Labute approximate surface area is 157 Å². The minimum absolute atomic E-state index is 0.340. The van der Waals surface area contributed by atoms with Gasteiger partial charge >= 0.3 is 11.6 Å². The van der Waals surface area contributed by atoms with Gasteiger partial charge in [0.25, 0.3) is 0 Å². The minimum atomic E-state index is -0.370. The average molecular weight is 366 g/mol. The summed E-state index contributed by atoms with van der Waals surface area (Å²) in [7, 11) is 1.35. The number of carbonyl (C=O) groups is 1. The molecule has 0 atom stereocenters. The summed E-state index contributed by atoms with van der Waals surface area (Å²) in [5, 5.41) is 0.942. The standard InChI is InChI=1S/C22H22O5/c1-3-4-5-17-12-21(23)27-20-13-18(10-11-19(17)20)26-14-15-6-8-16(9-7-15)22(24)25-2/h6-13H,3-5,14H2,1-2H3. The number of esters is 1. The Morgan fingerprint density at radius 1 is 1.07 bits per heavy atom. The lowest BCUT2D eigenvalue weighted by molar-refractivity contribution is 0.0600. The summed E-state index contributed by atoms with van der Waals surface area (Å²) in [6.45, 7) is 2.46. The van der Waals surface area contributed by atoms with Crippen LogP contribution in [0.25, 0.3) is 11.0 Å². The van der Waals surface area contributed by atoms with Crippen LogP contribution in [0.1, 0.15) is 41.3 Å². The molecule has 3 rings (SSSR count). The summed E-state index contributed by atoms with van der Waals surface area (Å²) in [6, 6.07) is 14.1. The summed E-state index contributed by atoms with van der Waals surface area (Å²) in [5.41, 5.74) is 2.61. The second-order valence-electron chi connectivity index (χ2n) is 6.33. The molecule has 0 spiro atoms. The number of hydrogen-bond donors (Lipinski definition) is 0. The van der Waals surface area contributed by atoms with Gasteiger partial charge in [0.2, 0.25) is 0 Å². The second kappa shape index (κ2) is 8.54. The van der Waals surface area contributed by atoms with Crippen molar-refractivity contribution >= 4 is 16.9 Å². The number of methoxy groups -OCH3 is 1. The zero-order chi connectivity index (χ0) is 19.2. The first-order chi connectivity index (χ1) is 13.1. The molecule has 0 fully saturated rings. The lowest BCUT2D eigenvalue weighted by atomic mass is 10.0. The summed E-state index contributed by atoms with van der Waals surface area (Å²) in [4.78, 5) is 23.3. The third-order valence-electron chi connectivity index (χ3n) is 4.38. The van der Waals surface area contributed by atoms with E-state index in [1.54, 1.807) is 24.3 Å². The normalized spacial score (nSPS) is 10.7. The molecule has 1 heterocycles. The van der Waals surface area contributed by atoms with Crippen molar-refractivity contribution in [3.63, 3.8) is 0 Å². The van der Waals surface area contributed by atoms with Crippen molar-refractivity contribution in [2.24, 2.45) is 0 Å². The molecule has 140 valence electrons. The summed E-state index contributed by atoms with van der Waals surface area (Å²) < 4.78 is 15.8. The molecule has 0 aliphatic rings. The van der Waals surface area contributed by atoms with Gasteiger partial charge in [-0.2, -0.15) is 0 Å². The largest absolute Gasteiger partial charge is 0.489 e. The molecular weight excluding hydrogens is 344 g/mol. The number of hydrogen-bond acceptors (Lipinski definition) is 5. The highest BCUT2D eigenvalue weighted by Gasteiger charge is 2.08. The molecule has 27 heavy (non-hydrogen) atoms. The lowest BCUT2D eigenvalue weighted by Gasteiger charge is -2.09. The van der Waals surface area contributed by atoms with Crippen LogP contribution in [0.15, 0.2) is 57.7 Å². The molecule has 0 aliphatic heterocycles. The van der Waals surface area contributed by atoms with Gasteiger partial charge in [0, 0.05) is 17.5 Å². The van der Waals surface area contributed by atoms with E-state index in [0.29, 0.717) is 23.5 Å². The smallest absolute Gasteiger partial charge is 0.337 e. The maximum absolute atomic E-state index is 11.8. The summed E-state index contributed by atoms with van der Waals surface area (Å²) >= 11 is 0. The van der Waals surface area contributed by atoms with E-state index in [1.165, 1.54) is 7.11 Å². The van der Waals surface area contributed by atoms with E-state index >= 15 is 0 Å². The Balaban J connectivity index is 1.75. The van der Waals surface area contributed by atoms with Crippen LogP contribution in [0, 0.1) is 0 Å². The van der Waals surface area contributed by atoms with Crippen molar-refractivity contribution in [2.75, 3.05) is 7.11 Å². The highest BCUT2D eigenvalue weighted by atomic mass is 16.5. The first-order valence-corrected chi connectivity index (χ1v) is 8.97. The van der Waals surface area contributed by atoms with Gasteiger partial charge in [0.15, 0.2) is 0 Å². The third-order valence-corrected chi connectivity index (χ3v) is 4.38. The molecule has 0 aliphatic carbocycles. The third kappa shape index (κ3) is 4.56. The first kappa shape index (κ1) is 18.7. The van der Waals surface area contributed by atoms with E-state index in [1.807, 2.05) is 24.3 Å². The molecule has 5 nitrogen and oxygen atoms in total.